The number of nitrogens with two attached hydrogens (primary N) is 1. The highest BCUT2D eigenvalue weighted by Crippen LogP contribution is 2.24. The Bertz CT molecular complexity index is 1090. The summed E-state index contributed by atoms with van der Waals surface area (Å²) in [6.45, 7) is -1.99. The van der Waals surface area contributed by atoms with Crippen molar-refractivity contribution in [3.63, 3.8) is 0 Å². The molecular formula is C15H15N3O3. The molecule has 0 radical (unpaired) electrons. The Morgan fingerprint density at radius 3 is 3.14 bits per heavy atom. The maximum atomic E-state index is 13.2. The Kier molecular flexibility index (Phi) is 1.71. The normalized spacial score (nSPS) is 34.6. The molecule has 2 N–H and O–H groups in total. The Hall–Kier alpha value is -2.50. The van der Waals surface area contributed by atoms with Crippen LogP contribution >= 0.6 is 0 Å². The number of nitrogen functional groups attached to an aromatic ring is 1. The van der Waals surface area contributed by atoms with Gasteiger partial charge in [0.1, 0.15) is 11.6 Å². The molecular weight excluding hydrogens is 270 g/mol. The lowest BCUT2D eigenvalue weighted by Crippen LogP contribution is -2.36. The molecule has 1 aliphatic rings. The van der Waals surface area contributed by atoms with Gasteiger partial charge in [-0.1, -0.05) is 6.04 Å². The summed E-state index contributed by atoms with van der Waals surface area (Å²) in [5.74, 6) is -2.71. The highest BCUT2D eigenvalue weighted by atomic mass is 16.2. The number of fused-ring (bicyclic) bond motifs is 1. The van der Waals surface area contributed by atoms with Gasteiger partial charge >= 0.3 is 0 Å². The van der Waals surface area contributed by atoms with E-state index in [0.29, 0.717) is 4.57 Å². The van der Waals surface area contributed by atoms with E-state index in [1.807, 2.05) is 0 Å². The first kappa shape index (κ1) is 7.49. The van der Waals surface area contributed by atoms with Gasteiger partial charge < -0.3 is 5.73 Å². The van der Waals surface area contributed by atoms with E-state index < -0.39 is 66.5 Å². The predicted octanol–water partition coefficient (Wildman–Crippen LogP) is 1.15. The molecule has 1 aromatic heterocycles. The lowest BCUT2D eigenvalue weighted by Gasteiger charge is -2.24. The lowest BCUT2D eigenvalue weighted by atomic mass is 9.92. The number of aromatic nitrogens is 2. The number of rotatable bonds is 1. The SMILES string of the molecule is [2H]c1cc(N)c2c(=O)n(C3([2H])C(=O)CC(=O)C([2H])C3[2H])c(C([2H])[2H])nc2c1[2H]. The van der Waals surface area contributed by atoms with Crippen LogP contribution in [-0.2, 0) is 9.59 Å². The highest BCUT2D eigenvalue weighted by Gasteiger charge is 2.30. The standard InChI is InChI=1S/C15H15N3O3/c1-8-17-11-4-2-3-10(16)14(11)15(21)18(8)12-6-5-9(19)7-13(12)20/h2-4,12H,5-7,16H2,1H3/i1D2,2D,4D,5D,6D,12D. The summed E-state index contributed by atoms with van der Waals surface area (Å²) < 4.78 is 55.7. The maximum Gasteiger partial charge on any atom is 0.264 e. The molecule has 6 nitrogen and oxygen atoms in total. The van der Waals surface area contributed by atoms with Crippen LogP contribution in [0.2, 0.25) is 0 Å². The fourth-order valence-corrected chi connectivity index (χ4v) is 2.15. The molecule has 3 atom stereocenters. The molecule has 0 bridgehead atoms. The molecule has 3 rings (SSSR count). The number of benzene rings is 1. The molecule has 6 heteroatoms. The average molecular weight is 292 g/mol. The van der Waals surface area contributed by atoms with Crippen LogP contribution in [0, 0.1) is 6.88 Å². The molecule has 0 amide bonds. The van der Waals surface area contributed by atoms with Crippen molar-refractivity contribution >= 4 is 28.2 Å². The molecule has 3 unspecified atom stereocenters. The molecule has 0 aliphatic heterocycles. The van der Waals surface area contributed by atoms with E-state index in [9.17, 15) is 14.4 Å². The third kappa shape index (κ3) is 2.12. The van der Waals surface area contributed by atoms with E-state index in [0.717, 1.165) is 6.07 Å². The van der Waals surface area contributed by atoms with Gasteiger partial charge in [0.05, 0.1) is 27.5 Å². The van der Waals surface area contributed by atoms with Gasteiger partial charge in [-0.15, -0.1) is 0 Å². The van der Waals surface area contributed by atoms with Gasteiger partial charge in [-0.05, 0) is 25.4 Å². The first-order chi connectivity index (χ1) is 12.9. The number of hydrogen-bond donors (Lipinski definition) is 1. The molecule has 2 aromatic rings. The summed E-state index contributed by atoms with van der Waals surface area (Å²) in [5, 5.41) is -0.393. The smallest absolute Gasteiger partial charge is 0.264 e. The predicted molar refractivity (Wildman–Crippen MR) is 78.1 cm³/mol. The number of carbonyl (C=O) groups excluding carboxylic acids is 2. The molecule has 0 saturated heterocycles. The topological polar surface area (TPSA) is 95.0 Å². The van der Waals surface area contributed by atoms with Crippen LogP contribution in [0.15, 0.2) is 22.9 Å². The third-order valence-corrected chi connectivity index (χ3v) is 3.10. The zero-order valence-corrected chi connectivity index (χ0v) is 10.7. The highest BCUT2D eigenvalue weighted by molar-refractivity contribution is 6.03. The molecule has 1 aromatic carbocycles. The van der Waals surface area contributed by atoms with Crippen LogP contribution in [0.4, 0.5) is 5.69 Å². The fourth-order valence-electron chi connectivity index (χ4n) is 2.15. The Balaban J connectivity index is 2.49. The van der Waals surface area contributed by atoms with Gasteiger partial charge in [0.15, 0.2) is 5.78 Å². The number of anilines is 1. The van der Waals surface area contributed by atoms with Gasteiger partial charge in [0.2, 0.25) is 0 Å². The van der Waals surface area contributed by atoms with E-state index in [1.54, 1.807) is 0 Å². The number of Topliss-reactive ketones (excluding diaryl/α,β-unsaturated/α-hetero) is 2. The van der Waals surface area contributed by atoms with E-state index >= 15 is 0 Å². The monoisotopic (exact) mass is 292 g/mol. The number of aryl methyl sites for hydroxylation is 1. The zero-order chi connectivity index (χ0) is 21.1. The minimum atomic E-state index is -2.76. The van der Waals surface area contributed by atoms with Gasteiger partial charge in [0.25, 0.3) is 5.56 Å². The van der Waals surface area contributed by atoms with Crippen molar-refractivity contribution in [1.82, 2.24) is 9.55 Å². The van der Waals surface area contributed by atoms with Crippen LogP contribution in [0.25, 0.3) is 10.9 Å². The van der Waals surface area contributed by atoms with E-state index in [2.05, 4.69) is 4.98 Å². The van der Waals surface area contributed by atoms with Crippen molar-refractivity contribution in [1.29, 1.82) is 0 Å². The number of nitrogens with zero attached hydrogens (tertiary/aromatic N) is 2. The summed E-state index contributed by atoms with van der Waals surface area (Å²) in [5.41, 5.74) is 4.02. The van der Waals surface area contributed by atoms with Crippen molar-refractivity contribution in [2.45, 2.75) is 32.1 Å². The van der Waals surface area contributed by atoms with E-state index in [4.69, 9.17) is 15.3 Å². The summed E-state index contributed by atoms with van der Waals surface area (Å²) in [6, 6.07) is -2.58. The first-order valence-electron chi connectivity index (χ1n) is 9.81. The van der Waals surface area contributed by atoms with Gasteiger partial charge in [0, 0.05) is 17.6 Å². The van der Waals surface area contributed by atoms with Gasteiger partial charge in [-0.25, -0.2) is 4.98 Å². The molecule has 108 valence electrons. The fraction of sp³-hybridized carbons (Fsp3) is 0.333. The quantitative estimate of drug-likeness (QED) is 0.628. The van der Waals surface area contributed by atoms with Crippen LogP contribution in [0.1, 0.15) is 40.7 Å². The third-order valence-electron chi connectivity index (χ3n) is 3.10. The van der Waals surface area contributed by atoms with Crippen molar-refractivity contribution in [2.75, 3.05) is 5.73 Å². The second-order valence-corrected chi connectivity index (χ2v) is 4.49. The lowest BCUT2D eigenvalue weighted by molar-refractivity contribution is -0.132. The molecule has 0 spiro atoms. The molecule has 1 saturated carbocycles. The van der Waals surface area contributed by atoms with Crippen molar-refractivity contribution < 1.29 is 19.2 Å². The van der Waals surface area contributed by atoms with Crippen LogP contribution in [-0.4, -0.2) is 21.1 Å². The van der Waals surface area contributed by atoms with Crippen LogP contribution in [0.5, 0.6) is 0 Å². The Morgan fingerprint density at radius 1 is 1.57 bits per heavy atom. The maximum absolute atomic E-state index is 13.2. The summed E-state index contributed by atoms with van der Waals surface area (Å²) in [6.07, 6.45) is -4.62. The van der Waals surface area contributed by atoms with E-state index in [1.165, 1.54) is 0 Å². The van der Waals surface area contributed by atoms with Gasteiger partial charge in [-0.3, -0.25) is 19.0 Å². The Labute approximate surface area is 130 Å². The number of hydrogen-bond acceptors (Lipinski definition) is 5. The van der Waals surface area contributed by atoms with Crippen molar-refractivity contribution in [2.24, 2.45) is 0 Å². The van der Waals surface area contributed by atoms with Crippen LogP contribution < -0.4 is 11.3 Å². The average Bonchev–Trinajstić information content (AvgIpc) is 2.62. The second kappa shape index (κ2) is 4.80. The molecule has 1 aliphatic carbocycles. The van der Waals surface area contributed by atoms with Crippen molar-refractivity contribution in [3.8, 4) is 0 Å². The number of carbonyl (C=O) groups is 2. The zero-order valence-electron chi connectivity index (χ0n) is 17.7. The minimum absolute atomic E-state index is 0.257. The Morgan fingerprint density at radius 2 is 2.38 bits per heavy atom. The van der Waals surface area contributed by atoms with Crippen molar-refractivity contribution in [3.05, 3.63) is 34.3 Å². The van der Waals surface area contributed by atoms with E-state index in [-0.39, 0.29) is 17.2 Å². The molecule has 21 heavy (non-hydrogen) atoms. The van der Waals surface area contributed by atoms with Crippen LogP contribution in [0.3, 0.4) is 0 Å². The number of ketones is 2. The second-order valence-electron chi connectivity index (χ2n) is 4.49. The largest absolute Gasteiger partial charge is 0.398 e. The minimum Gasteiger partial charge on any atom is -0.398 e. The summed E-state index contributed by atoms with van der Waals surface area (Å²) in [7, 11) is 0. The summed E-state index contributed by atoms with van der Waals surface area (Å²) >= 11 is 0. The van der Waals surface area contributed by atoms with Gasteiger partial charge in [-0.2, -0.15) is 0 Å². The first-order valence-corrected chi connectivity index (χ1v) is 6.00. The molecule has 1 fully saturated rings. The molecule has 1 heterocycles. The summed E-state index contributed by atoms with van der Waals surface area (Å²) in [4.78, 5) is 41.3.